The van der Waals surface area contributed by atoms with Crippen LogP contribution in [0.5, 0.6) is 5.88 Å². The van der Waals surface area contributed by atoms with E-state index in [-0.39, 0.29) is 30.3 Å². The lowest BCUT2D eigenvalue weighted by Crippen LogP contribution is -2.34. The molecule has 0 fully saturated rings. The lowest BCUT2D eigenvalue weighted by Gasteiger charge is -2.15. The van der Waals surface area contributed by atoms with Crippen LogP contribution in [0.1, 0.15) is 22.8 Å². The molecule has 1 unspecified atom stereocenters. The van der Waals surface area contributed by atoms with Gasteiger partial charge in [-0.2, -0.15) is 5.10 Å². The highest BCUT2D eigenvalue weighted by Crippen LogP contribution is 2.41. The zero-order valence-electron chi connectivity index (χ0n) is 23.6. The second-order valence-corrected chi connectivity index (χ2v) is 9.98. The number of nitrogens with one attached hydrogen (secondary N) is 2. The van der Waals surface area contributed by atoms with Crippen molar-refractivity contribution in [3.05, 3.63) is 92.3 Å². The number of carbonyl (C=O) groups excluding carboxylic acids is 2. The highest BCUT2D eigenvalue weighted by atomic mass is 35.5. The van der Waals surface area contributed by atoms with Gasteiger partial charge in [-0.3, -0.25) is 9.59 Å². The molecule has 0 aliphatic carbocycles. The van der Waals surface area contributed by atoms with Gasteiger partial charge >= 0.3 is 5.97 Å². The lowest BCUT2D eigenvalue weighted by molar-refractivity contribution is -0.152. The molecule has 0 aliphatic rings. The van der Waals surface area contributed by atoms with E-state index in [4.69, 9.17) is 32.7 Å². The summed E-state index contributed by atoms with van der Waals surface area (Å²) in [6.45, 7) is 2.12. The van der Waals surface area contributed by atoms with Gasteiger partial charge in [-0.15, -0.1) is 0 Å². The largest absolute Gasteiger partial charge is 0.481 e. The number of amides is 1. The van der Waals surface area contributed by atoms with E-state index in [9.17, 15) is 19.5 Å². The first kappa shape index (κ1) is 31.6. The summed E-state index contributed by atoms with van der Waals surface area (Å²) in [6.07, 6.45) is 0.0730. The molecule has 43 heavy (non-hydrogen) atoms. The van der Waals surface area contributed by atoms with Crippen molar-refractivity contribution in [3.63, 3.8) is 0 Å². The predicted octanol–water partition coefficient (Wildman–Crippen LogP) is 4.09. The number of aryl methyl sites for hydroxylation is 1. The van der Waals surface area contributed by atoms with Gasteiger partial charge in [0.1, 0.15) is 5.56 Å². The fraction of sp³-hybridized carbons (Fsp3) is 0.233. The van der Waals surface area contributed by atoms with Gasteiger partial charge < -0.3 is 25.2 Å². The van der Waals surface area contributed by atoms with E-state index in [0.29, 0.717) is 44.5 Å². The van der Waals surface area contributed by atoms with Crippen molar-refractivity contribution in [2.75, 3.05) is 25.6 Å². The van der Waals surface area contributed by atoms with E-state index in [2.05, 4.69) is 20.7 Å². The minimum Gasteiger partial charge on any atom is -0.481 e. The van der Waals surface area contributed by atoms with Crippen molar-refractivity contribution < 1.29 is 24.2 Å². The van der Waals surface area contributed by atoms with Crippen molar-refractivity contribution >= 4 is 40.8 Å². The average molecular weight is 626 g/mol. The van der Waals surface area contributed by atoms with Crippen molar-refractivity contribution in [3.8, 4) is 28.3 Å². The first-order valence-corrected chi connectivity index (χ1v) is 13.9. The fourth-order valence-corrected chi connectivity index (χ4v) is 4.84. The summed E-state index contributed by atoms with van der Waals surface area (Å²) in [5.41, 5.74) is 2.68. The number of ether oxygens (including phenoxy) is 2. The summed E-state index contributed by atoms with van der Waals surface area (Å²) in [7, 11) is 2.94. The molecule has 0 spiro atoms. The first-order chi connectivity index (χ1) is 20.7. The minimum atomic E-state index is -1.29. The number of hydrogen-bond acceptors (Lipinski definition) is 9. The van der Waals surface area contributed by atoms with Crippen molar-refractivity contribution in [1.82, 2.24) is 20.1 Å². The van der Waals surface area contributed by atoms with E-state index in [1.54, 1.807) is 55.5 Å². The predicted molar refractivity (Wildman–Crippen MR) is 163 cm³/mol. The van der Waals surface area contributed by atoms with E-state index >= 15 is 0 Å². The lowest BCUT2D eigenvalue weighted by atomic mass is 10.00. The standard InChI is InChI=1S/C30H29Cl2N5O6/c1-4-43-30(41)24(38)16-33-15-17-11-12-22(36-28(17)42-3)20-9-5-7-18(25(20)31)19-8-6-10-23(26(19)32)35-27(39)21-13-14-34-37(2)29(21)40/h5-14,24,33,38H,4,15-16H2,1-3H3,(H,35,39). The molecule has 4 aromatic rings. The zero-order valence-corrected chi connectivity index (χ0v) is 25.1. The molecule has 0 aliphatic heterocycles. The Morgan fingerprint density at radius 3 is 2.44 bits per heavy atom. The number of rotatable bonds is 11. The molecular weight excluding hydrogens is 597 g/mol. The SMILES string of the molecule is CCOC(=O)C(O)CNCc1ccc(-c2cccc(-c3cccc(NC(=O)c4ccnn(C)c4=O)c3Cl)c2Cl)nc1OC. The summed E-state index contributed by atoms with van der Waals surface area (Å²) >= 11 is 13.6. The van der Waals surface area contributed by atoms with Crippen LogP contribution >= 0.6 is 23.2 Å². The molecule has 2 aromatic carbocycles. The number of halogens is 2. The molecule has 2 heterocycles. The van der Waals surface area contributed by atoms with Crippen LogP contribution in [-0.4, -0.2) is 58.1 Å². The molecule has 0 saturated carbocycles. The summed E-state index contributed by atoms with van der Waals surface area (Å²) < 4.78 is 11.4. The molecule has 11 nitrogen and oxygen atoms in total. The maximum atomic E-state index is 12.8. The maximum absolute atomic E-state index is 12.8. The van der Waals surface area contributed by atoms with Crippen LogP contribution in [0.15, 0.2) is 65.6 Å². The number of benzene rings is 2. The molecule has 0 radical (unpaired) electrons. The Morgan fingerprint density at radius 1 is 1.02 bits per heavy atom. The van der Waals surface area contributed by atoms with Crippen molar-refractivity contribution in [2.45, 2.75) is 19.6 Å². The van der Waals surface area contributed by atoms with Crippen LogP contribution < -0.4 is 20.9 Å². The number of nitrogens with zero attached hydrogens (tertiary/aromatic N) is 3. The summed E-state index contributed by atoms with van der Waals surface area (Å²) in [6, 6.07) is 15.4. The van der Waals surface area contributed by atoms with Gasteiger partial charge in [0.25, 0.3) is 11.5 Å². The van der Waals surface area contributed by atoms with Gasteiger partial charge in [-0.25, -0.2) is 14.5 Å². The molecule has 2 aromatic heterocycles. The number of esters is 1. The van der Waals surface area contributed by atoms with Gasteiger partial charge in [0.15, 0.2) is 6.10 Å². The molecule has 0 bridgehead atoms. The highest BCUT2D eigenvalue weighted by Gasteiger charge is 2.19. The summed E-state index contributed by atoms with van der Waals surface area (Å²) in [5.74, 6) is -0.984. The van der Waals surface area contributed by atoms with Gasteiger partial charge in [-0.1, -0.05) is 59.6 Å². The normalized spacial score (nSPS) is 11.6. The van der Waals surface area contributed by atoms with Crippen LogP contribution in [0, 0.1) is 0 Å². The Balaban J connectivity index is 1.58. The third-order valence-corrected chi connectivity index (χ3v) is 7.22. The van der Waals surface area contributed by atoms with Crippen LogP contribution in [0.2, 0.25) is 10.0 Å². The Bertz CT molecular complexity index is 1710. The number of anilines is 1. The fourth-order valence-electron chi connectivity index (χ4n) is 4.24. The van der Waals surface area contributed by atoms with E-state index in [0.717, 1.165) is 4.68 Å². The number of pyridine rings is 1. The third-order valence-electron chi connectivity index (χ3n) is 6.41. The van der Waals surface area contributed by atoms with E-state index in [1.165, 1.54) is 26.4 Å². The van der Waals surface area contributed by atoms with E-state index < -0.39 is 23.5 Å². The smallest absolute Gasteiger partial charge is 0.336 e. The summed E-state index contributed by atoms with van der Waals surface area (Å²) in [4.78, 5) is 41.4. The van der Waals surface area contributed by atoms with Crippen LogP contribution in [0.3, 0.4) is 0 Å². The number of carbonyl (C=O) groups is 2. The molecule has 224 valence electrons. The Hall–Kier alpha value is -4.29. The molecule has 1 atom stereocenters. The van der Waals surface area contributed by atoms with Crippen LogP contribution in [0.4, 0.5) is 5.69 Å². The quantitative estimate of drug-likeness (QED) is 0.210. The highest BCUT2D eigenvalue weighted by molar-refractivity contribution is 6.39. The molecule has 4 rings (SSSR count). The minimum absolute atomic E-state index is 0.00288. The molecule has 0 saturated heterocycles. The van der Waals surface area contributed by atoms with Crippen molar-refractivity contribution in [1.29, 1.82) is 0 Å². The second-order valence-electron chi connectivity index (χ2n) is 9.23. The Morgan fingerprint density at radius 2 is 1.72 bits per heavy atom. The Labute approximate surface area is 257 Å². The number of hydrogen-bond donors (Lipinski definition) is 3. The maximum Gasteiger partial charge on any atom is 0.336 e. The number of aliphatic hydroxyl groups is 1. The molecule has 3 N–H and O–H groups in total. The van der Waals surface area contributed by atoms with Gasteiger partial charge in [0.2, 0.25) is 5.88 Å². The zero-order chi connectivity index (χ0) is 31.1. The molecule has 1 amide bonds. The van der Waals surface area contributed by atoms with Crippen LogP contribution in [-0.2, 0) is 23.1 Å². The monoisotopic (exact) mass is 625 g/mol. The second kappa shape index (κ2) is 14.3. The van der Waals surface area contributed by atoms with Gasteiger partial charge in [0, 0.05) is 48.6 Å². The third kappa shape index (κ3) is 7.20. The number of methoxy groups -OCH3 is 1. The van der Waals surface area contributed by atoms with Gasteiger partial charge in [0.05, 0.1) is 35.1 Å². The molecule has 13 heteroatoms. The number of aromatic nitrogens is 3. The Kier molecular flexibility index (Phi) is 10.5. The first-order valence-electron chi connectivity index (χ1n) is 13.2. The van der Waals surface area contributed by atoms with Crippen LogP contribution in [0.25, 0.3) is 22.4 Å². The topological polar surface area (TPSA) is 145 Å². The number of aliphatic hydroxyl groups excluding tert-OH is 1. The van der Waals surface area contributed by atoms with E-state index in [1.807, 2.05) is 0 Å². The molecular formula is C30H29Cl2N5O6. The summed E-state index contributed by atoms with van der Waals surface area (Å²) in [5, 5.41) is 20.0. The average Bonchev–Trinajstić information content (AvgIpc) is 3.00. The van der Waals surface area contributed by atoms with Gasteiger partial charge in [-0.05, 0) is 25.1 Å². The van der Waals surface area contributed by atoms with Crippen molar-refractivity contribution in [2.24, 2.45) is 7.05 Å².